The van der Waals surface area contributed by atoms with Gasteiger partial charge in [-0.15, -0.1) is 0 Å². The van der Waals surface area contributed by atoms with E-state index in [1.807, 2.05) is 0 Å². The molecule has 11 nitrogen and oxygen atoms in total. The molecule has 0 spiro atoms. The Morgan fingerprint density at radius 3 is 2.62 bits per heavy atom. The second kappa shape index (κ2) is 7.05. The third kappa shape index (κ3) is 3.96. The van der Waals surface area contributed by atoms with Crippen molar-refractivity contribution in [1.82, 2.24) is 19.5 Å². The minimum Gasteiger partial charge on any atom is -0.385 e. The predicted octanol–water partition coefficient (Wildman–Crippen LogP) is 0.639. The number of nitrogens with zero attached hydrogens (tertiary/aromatic N) is 4. The molecule has 162 valence electrons. The Morgan fingerprint density at radius 1 is 1.34 bits per heavy atom. The Hall–Kier alpha value is -1.46. The van der Waals surface area contributed by atoms with Crippen LogP contribution in [0, 0.1) is 6.92 Å². The van der Waals surface area contributed by atoms with Gasteiger partial charge in [0, 0.05) is 6.42 Å². The quantitative estimate of drug-likeness (QED) is 0.479. The van der Waals surface area contributed by atoms with Crippen molar-refractivity contribution in [3.63, 3.8) is 0 Å². The first-order valence-electron chi connectivity index (χ1n) is 9.11. The summed E-state index contributed by atoms with van der Waals surface area (Å²) in [6, 6.07) is 0. The fourth-order valence-corrected chi connectivity index (χ4v) is 4.26. The molecule has 1 fully saturated rings. The average Bonchev–Trinajstić information content (AvgIpc) is 3.11. The second-order valence-electron chi connectivity index (χ2n) is 8.49. The van der Waals surface area contributed by atoms with Gasteiger partial charge in [-0.05, 0) is 34.6 Å². The van der Waals surface area contributed by atoms with Crippen LogP contribution in [0.4, 0.5) is 0 Å². The molecule has 2 aromatic rings. The first-order chi connectivity index (χ1) is 13.2. The van der Waals surface area contributed by atoms with E-state index in [0.29, 0.717) is 16.9 Å². The van der Waals surface area contributed by atoms with Crippen LogP contribution < -0.4 is 0 Å². The lowest BCUT2D eigenvalue weighted by atomic mass is 9.95. The van der Waals surface area contributed by atoms with Crippen LogP contribution in [0.1, 0.15) is 39.8 Å². The molecular weight excluding hydrogens is 403 g/mol. The number of aliphatic hydroxyl groups is 3. The van der Waals surface area contributed by atoms with Crippen LogP contribution in [0.3, 0.4) is 0 Å². The zero-order valence-corrected chi connectivity index (χ0v) is 17.9. The number of aliphatic hydroxyl groups excluding tert-OH is 1. The van der Waals surface area contributed by atoms with Gasteiger partial charge in [0.1, 0.15) is 17.9 Å². The molecule has 12 heteroatoms. The number of aryl methyl sites for hydroxylation is 1. The summed E-state index contributed by atoms with van der Waals surface area (Å²) in [5.74, 6) is 0. The topological polar surface area (TPSA) is 160 Å². The molecule has 2 aromatic heterocycles. The summed E-state index contributed by atoms with van der Waals surface area (Å²) in [5, 5.41) is 29.9. The number of fused-ring (bicyclic) bond motifs is 1. The van der Waals surface area contributed by atoms with Gasteiger partial charge in [0.2, 0.25) is 0 Å². The van der Waals surface area contributed by atoms with E-state index in [1.165, 1.54) is 44.9 Å². The van der Waals surface area contributed by atoms with Gasteiger partial charge in [0.15, 0.2) is 16.7 Å². The molecule has 0 aromatic carbocycles. The molecule has 1 saturated heterocycles. The maximum absolute atomic E-state index is 12.3. The number of ether oxygens (including phenoxy) is 1. The van der Waals surface area contributed by atoms with Crippen LogP contribution >= 0.6 is 7.60 Å². The van der Waals surface area contributed by atoms with Crippen LogP contribution in [-0.2, 0) is 19.6 Å². The standard InChI is InChI=1S/C17H27N4O7P/c1-10-12-14(19-8-18-10)21(9-20-12)17(24)7-27-11(13(17)22)6-15(2,3)28-29(25,26)16(4,5)23/h8-9,11,13,22-24H,6-7H2,1-5H3,(H,25,26)/t11-,13-,17+/m1/s1. The number of aromatic nitrogens is 4. The lowest BCUT2D eigenvalue weighted by molar-refractivity contribution is -0.111. The summed E-state index contributed by atoms with van der Waals surface area (Å²) in [6.45, 7) is 6.95. The smallest absolute Gasteiger partial charge is 0.359 e. The van der Waals surface area contributed by atoms with Gasteiger partial charge in [-0.1, -0.05) is 0 Å². The highest BCUT2D eigenvalue weighted by Crippen LogP contribution is 2.57. The van der Waals surface area contributed by atoms with Crippen molar-refractivity contribution < 1.29 is 34.0 Å². The molecule has 0 aliphatic carbocycles. The average molecular weight is 430 g/mol. The van der Waals surface area contributed by atoms with Gasteiger partial charge in [-0.2, -0.15) is 0 Å². The van der Waals surface area contributed by atoms with E-state index in [4.69, 9.17) is 9.26 Å². The third-order valence-electron chi connectivity index (χ3n) is 5.02. The van der Waals surface area contributed by atoms with Crippen molar-refractivity contribution in [1.29, 1.82) is 0 Å². The van der Waals surface area contributed by atoms with E-state index in [1.54, 1.807) is 6.92 Å². The number of imidazole rings is 1. The summed E-state index contributed by atoms with van der Waals surface area (Å²) in [6.07, 6.45) is 0.387. The third-order valence-corrected chi connectivity index (χ3v) is 7.15. The zero-order chi connectivity index (χ0) is 21.8. The van der Waals surface area contributed by atoms with Gasteiger partial charge < -0.3 is 29.5 Å². The van der Waals surface area contributed by atoms with Crippen LogP contribution in [0.25, 0.3) is 11.2 Å². The van der Waals surface area contributed by atoms with Crippen molar-refractivity contribution in [2.75, 3.05) is 6.61 Å². The molecule has 4 N–H and O–H groups in total. The van der Waals surface area contributed by atoms with E-state index < -0.39 is 36.5 Å². The van der Waals surface area contributed by atoms with Crippen molar-refractivity contribution >= 4 is 18.8 Å². The summed E-state index contributed by atoms with van der Waals surface area (Å²) in [7, 11) is -4.37. The largest absolute Gasteiger partial charge is 0.385 e. The normalized spacial score (nSPS) is 28.0. The minimum atomic E-state index is -4.37. The summed E-state index contributed by atoms with van der Waals surface area (Å²) in [5.41, 5.74) is -1.61. The lowest BCUT2D eigenvalue weighted by Crippen LogP contribution is -2.47. The highest BCUT2D eigenvalue weighted by molar-refractivity contribution is 7.54. The molecule has 0 saturated carbocycles. The van der Waals surface area contributed by atoms with E-state index in [2.05, 4.69) is 15.0 Å². The zero-order valence-electron chi connectivity index (χ0n) is 17.0. The fourth-order valence-electron chi connectivity index (χ4n) is 3.29. The maximum atomic E-state index is 12.3. The fraction of sp³-hybridized carbons (Fsp3) is 0.706. The Morgan fingerprint density at radius 2 is 2.00 bits per heavy atom. The Bertz CT molecular complexity index is 957. The van der Waals surface area contributed by atoms with Gasteiger partial charge >= 0.3 is 7.60 Å². The molecule has 3 rings (SSSR count). The number of rotatable bonds is 6. The molecule has 3 heterocycles. The minimum absolute atomic E-state index is 0.0161. The highest BCUT2D eigenvalue weighted by Gasteiger charge is 2.53. The van der Waals surface area contributed by atoms with Crippen LogP contribution in [0.15, 0.2) is 12.7 Å². The molecule has 0 radical (unpaired) electrons. The van der Waals surface area contributed by atoms with Crippen LogP contribution in [0.5, 0.6) is 0 Å². The van der Waals surface area contributed by atoms with Crippen LogP contribution in [0.2, 0.25) is 0 Å². The first kappa shape index (κ1) is 22.2. The van der Waals surface area contributed by atoms with E-state index in [9.17, 15) is 24.8 Å². The van der Waals surface area contributed by atoms with Gasteiger partial charge in [-0.25, -0.2) is 15.0 Å². The summed E-state index contributed by atoms with van der Waals surface area (Å²) >= 11 is 0. The van der Waals surface area contributed by atoms with E-state index in [0.717, 1.165) is 0 Å². The molecule has 29 heavy (non-hydrogen) atoms. The van der Waals surface area contributed by atoms with Crippen molar-refractivity contribution in [3.8, 4) is 0 Å². The molecule has 4 atom stereocenters. The van der Waals surface area contributed by atoms with Crippen molar-refractivity contribution in [2.24, 2.45) is 0 Å². The monoisotopic (exact) mass is 430 g/mol. The summed E-state index contributed by atoms with van der Waals surface area (Å²) in [4.78, 5) is 22.4. The Kier molecular flexibility index (Phi) is 5.41. The van der Waals surface area contributed by atoms with Crippen molar-refractivity contribution in [3.05, 3.63) is 18.3 Å². The summed E-state index contributed by atoms with van der Waals surface area (Å²) < 4.78 is 24.5. The highest BCUT2D eigenvalue weighted by atomic mass is 31.2. The van der Waals surface area contributed by atoms with Gasteiger partial charge in [-0.3, -0.25) is 9.13 Å². The van der Waals surface area contributed by atoms with Gasteiger partial charge in [0.25, 0.3) is 0 Å². The lowest BCUT2D eigenvalue weighted by Gasteiger charge is -2.35. The molecular formula is C17H27N4O7P. The van der Waals surface area contributed by atoms with Crippen molar-refractivity contribution in [2.45, 2.75) is 69.9 Å². The Balaban J connectivity index is 1.83. The molecule has 1 aliphatic heterocycles. The van der Waals surface area contributed by atoms with E-state index >= 15 is 0 Å². The molecule has 0 bridgehead atoms. The van der Waals surface area contributed by atoms with E-state index in [-0.39, 0.29) is 13.0 Å². The first-order valence-corrected chi connectivity index (χ1v) is 10.7. The molecule has 1 aliphatic rings. The van der Waals surface area contributed by atoms with Gasteiger partial charge in [0.05, 0.1) is 30.3 Å². The second-order valence-corrected chi connectivity index (χ2v) is 10.8. The molecule has 1 unspecified atom stereocenters. The Labute approximate surface area is 167 Å². The number of hydrogen-bond acceptors (Lipinski definition) is 9. The molecule has 0 amide bonds. The SMILES string of the molecule is Cc1ncnc2c1ncn2[C@]1(O)CO[C@H](CC(C)(C)OP(=O)(O)C(C)(C)O)[C@H]1O. The van der Waals surface area contributed by atoms with Crippen LogP contribution in [-0.4, -0.2) is 69.5 Å². The number of hydrogen-bond donors (Lipinski definition) is 4. The maximum Gasteiger partial charge on any atom is 0.359 e. The predicted molar refractivity (Wildman–Crippen MR) is 102 cm³/mol.